The standard InChI is InChI=1S/C17H29N5S.HI/c1-18-17(19-9-12-23-2)21-14-15-7-8-16(20-13-15)22-10-5-3-4-6-11-22;/h7-8,13H,3-6,9-12,14H2,1-2H3,(H2,18,19,21);1H. The Kier molecular flexibility index (Phi) is 11.2. The molecule has 136 valence electrons. The number of halogens is 1. The highest BCUT2D eigenvalue weighted by Gasteiger charge is 2.10. The molecule has 0 bridgehead atoms. The van der Waals surface area contributed by atoms with Crippen molar-refractivity contribution in [3.05, 3.63) is 23.9 Å². The average molecular weight is 463 g/mol. The van der Waals surface area contributed by atoms with Crippen molar-refractivity contribution in [2.24, 2.45) is 4.99 Å². The van der Waals surface area contributed by atoms with Gasteiger partial charge in [0, 0.05) is 45.2 Å². The van der Waals surface area contributed by atoms with Gasteiger partial charge in [0.1, 0.15) is 5.82 Å². The molecule has 2 N–H and O–H groups in total. The number of rotatable bonds is 6. The minimum absolute atomic E-state index is 0. The molecule has 2 heterocycles. The lowest BCUT2D eigenvalue weighted by molar-refractivity contribution is 0.726. The predicted molar refractivity (Wildman–Crippen MR) is 117 cm³/mol. The van der Waals surface area contributed by atoms with Crippen LogP contribution in [0.2, 0.25) is 0 Å². The molecule has 0 radical (unpaired) electrons. The Bertz CT molecular complexity index is 472. The quantitative estimate of drug-likeness (QED) is 0.294. The van der Waals surface area contributed by atoms with Crippen LogP contribution in [-0.4, -0.2) is 49.6 Å². The van der Waals surface area contributed by atoms with Crippen molar-refractivity contribution in [3.8, 4) is 0 Å². The highest BCUT2D eigenvalue weighted by atomic mass is 127. The average Bonchev–Trinajstić information content (AvgIpc) is 2.88. The number of nitrogens with one attached hydrogen (secondary N) is 2. The Morgan fingerprint density at radius 3 is 2.54 bits per heavy atom. The van der Waals surface area contributed by atoms with E-state index in [1.807, 2.05) is 18.0 Å². The van der Waals surface area contributed by atoms with Crippen LogP contribution in [0.15, 0.2) is 23.3 Å². The van der Waals surface area contributed by atoms with Crippen LogP contribution < -0.4 is 15.5 Å². The van der Waals surface area contributed by atoms with Gasteiger partial charge in [0.05, 0.1) is 0 Å². The zero-order chi connectivity index (χ0) is 16.3. The SMILES string of the molecule is CN=C(NCCSC)NCc1ccc(N2CCCCCC2)nc1.I. The molecule has 1 aliphatic heterocycles. The molecule has 1 saturated heterocycles. The smallest absolute Gasteiger partial charge is 0.191 e. The topological polar surface area (TPSA) is 52.6 Å². The van der Waals surface area contributed by atoms with Gasteiger partial charge >= 0.3 is 0 Å². The van der Waals surface area contributed by atoms with Crippen LogP contribution in [0.3, 0.4) is 0 Å². The fourth-order valence-corrected chi connectivity index (χ4v) is 2.99. The summed E-state index contributed by atoms with van der Waals surface area (Å²) in [6.45, 7) is 3.94. The van der Waals surface area contributed by atoms with E-state index in [-0.39, 0.29) is 24.0 Å². The van der Waals surface area contributed by atoms with Crippen molar-refractivity contribution in [3.63, 3.8) is 0 Å². The molecule has 0 aliphatic carbocycles. The van der Waals surface area contributed by atoms with E-state index < -0.39 is 0 Å². The van der Waals surface area contributed by atoms with Gasteiger partial charge in [0.25, 0.3) is 0 Å². The Morgan fingerprint density at radius 2 is 1.96 bits per heavy atom. The summed E-state index contributed by atoms with van der Waals surface area (Å²) in [4.78, 5) is 11.3. The molecule has 0 aromatic carbocycles. The van der Waals surface area contributed by atoms with E-state index in [1.165, 1.54) is 31.2 Å². The molecule has 0 atom stereocenters. The summed E-state index contributed by atoms with van der Waals surface area (Å²) in [6.07, 6.45) is 9.34. The first-order valence-electron chi connectivity index (χ1n) is 8.47. The van der Waals surface area contributed by atoms with Crippen LogP contribution in [-0.2, 0) is 6.54 Å². The zero-order valence-electron chi connectivity index (χ0n) is 14.8. The van der Waals surface area contributed by atoms with Gasteiger partial charge in [-0.2, -0.15) is 11.8 Å². The first-order valence-corrected chi connectivity index (χ1v) is 9.86. The molecule has 2 rings (SSSR count). The molecule has 1 aromatic rings. The third-order valence-corrected chi connectivity index (χ3v) is 4.63. The molecule has 0 spiro atoms. The van der Waals surface area contributed by atoms with Crippen LogP contribution in [0, 0.1) is 0 Å². The number of aromatic nitrogens is 1. The molecule has 24 heavy (non-hydrogen) atoms. The van der Waals surface area contributed by atoms with Crippen LogP contribution in [0.1, 0.15) is 31.2 Å². The molecule has 1 aliphatic rings. The van der Waals surface area contributed by atoms with Crippen molar-refractivity contribution in [1.29, 1.82) is 0 Å². The Balaban J connectivity index is 0.00000288. The minimum atomic E-state index is 0. The van der Waals surface area contributed by atoms with Gasteiger partial charge in [0.15, 0.2) is 5.96 Å². The maximum Gasteiger partial charge on any atom is 0.191 e. The van der Waals surface area contributed by atoms with Crippen molar-refractivity contribution < 1.29 is 0 Å². The highest BCUT2D eigenvalue weighted by molar-refractivity contribution is 14.0. The maximum absolute atomic E-state index is 4.65. The number of thioether (sulfide) groups is 1. The van der Waals surface area contributed by atoms with E-state index in [9.17, 15) is 0 Å². The highest BCUT2D eigenvalue weighted by Crippen LogP contribution is 2.17. The third-order valence-electron chi connectivity index (χ3n) is 4.02. The fraction of sp³-hybridized carbons (Fsp3) is 0.647. The van der Waals surface area contributed by atoms with Crippen molar-refractivity contribution >= 4 is 47.5 Å². The molecule has 0 amide bonds. The molecule has 7 heteroatoms. The fourth-order valence-electron chi connectivity index (χ4n) is 2.69. The van der Waals surface area contributed by atoms with E-state index in [0.717, 1.165) is 43.7 Å². The Labute approximate surface area is 167 Å². The van der Waals surface area contributed by atoms with Gasteiger partial charge in [-0.25, -0.2) is 4.98 Å². The summed E-state index contributed by atoms with van der Waals surface area (Å²) in [5, 5.41) is 6.63. The van der Waals surface area contributed by atoms with Crippen LogP contribution in [0.5, 0.6) is 0 Å². The van der Waals surface area contributed by atoms with Gasteiger partial charge in [-0.3, -0.25) is 4.99 Å². The zero-order valence-corrected chi connectivity index (χ0v) is 17.9. The number of hydrogen-bond acceptors (Lipinski definition) is 4. The largest absolute Gasteiger partial charge is 0.357 e. The van der Waals surface area contributed by atoms with E-state index in [0.29, 0.717) is 0 Å². The summed E-state index contributed by atoms with van der Waals surface area (Å²) in [7, 11) is 1.80. The van der Waals surface area contributed by atoms with Gasteiger partial charge in [0.2, 0.25) is 0 Å². The summed E-state index contributed by atoms with van der Waals surface area (Å²) < 4.78 is 0. The summed E-state index contributed by atoms with van der Waals surface area (Å²) >= 11 is 1.83. The molecule has 0 unspecified atom stereocenters. The second-order valence-corrected chi connectivity index (χ2v) is 6.76. The van der Waals surface area contributed by atoms with Crippen molar-refractivity contribution in [2.75, 3.05) is 43.6 Å². The first-order chi connectivity index (χ1) is 11.3. The Hall–Kier alpha value is -0.700. The maximum atomic E-state index is 4.65. The monoisotopic (exact) mass is 463 g/mol. The van der Waals surface area contributed by atoms with E-state index in [2.05, 4.69) is 43.9 Å². The van der Waals surface area contributed by atoms with Crippen LogP contribution >= 0.6 is 35.7 Å². The number of pyridine rings is 1. The lowest BCUT2D eigenvalue weighted by Crippen LogP contribution is -2.37. The molecule has 1 aromatic heterocycles. The van der Waals surface area contributed by atoms with E-state index >= 15 is 0 Å². The lowest BCUT2D eigenvalue weighted by atomic mass is 10.2. The summed E-state index contributed by atoms with van der Waals surface area (Å²) in [6, 6.07) is 4.31. The molecular formula is C17H30IN5S. The van der Waals surface area contributed by atoms with Crippen LogP contribution in [0.4, 0.5) is 5.82 Å². The Morgan fingerprint density at radius 1 is 1.21 bits per heavy atom. The lowest BCUT2D eigenvalue weighted by Gasteiger charge is -2.21. The van der Waals surface area contributed by atoms with E-state index in [4.69, 9.17) is 0 Å². The molecule has 0 saturated carbocycles. The molecular weight excluding hydrogens is 433 g/mol. The van der Waals surface area contributed by atoms with Crippen LogP contribution in [0.25, 0.3) is 0 Å². The van der Waals surface area contributed by atoms with Crippen molar-refractivity contribution in [1.82, 2.24) is 15.6 Å². The second kappa shape index (κ2) is 12.6. The number of nitrogens with zero attached hydrogens (tertiary/aromatic N) is 3. The molecule has 5 nitrogen and oxygen atoms in total. The second-order valence-electron chi connectivity index (χ2n) is 5.77. The van der Waals surface area contributed by atoms with Gasteiger partial charge < -0.3 is 15.5 Å². The number of aliphatic imine (C=N–C) groups is 1. The van der Waals surface area contributed by atoms with Gasteiger partial charge in [-0.1, -0.05) is 18.9 Å². The van der Waals surface area contributed by atoms with Crippen molar-refractivity contribution in [2.45, 2.75) is 32.2 Å². The number of guanidine groups is 1. The normalized spacial score (nSPS) is 15.4. The third kappa shape index (κ3) is 7.46. The number of hydrogen-bond donors (Lipinski definition) is 2. The van der Waals surface area contributed by atoms with Gasteiger partial charge in [-0.15, -0.1) is 24.0 Å². The van der Waals surface area contributed by atoms with E-state index in [1.54, 1.807) is 7.05 Å². The predicted octanol–water partition coefficient (Wildman–Crippen LogP) is 3.11. The minimum Gasteiger partial charge on any atom is -0.357 e. The number of anilines is 1. The summed E-state index contributed by atoms with van der Waals surface area (Å²) in [5.74, 6) is 3.03. The summed E-state index contributed by atoms with van der Waals surface area (Å²) in [5.41, 5.74) is 1.18. The first kappa shape index (κ1) is 21.3. The molecule has 1 fully saturated rings. The van der Waals surface area contributed by atoms with Gasteiger partial charge in [-0.05, 0) is 30.7 Å².